The van der Waals surface area contributed by atoms with E-state index in [1.54, 1.807) is 0 Å². The van der Waals surface area contributed by atoms with E-state index in [-0.39, 0.29) is 16.3 Å². The number of rotatable bonds is 2. The van der Waals surface area contributed by atoms with Gasteiger partial charge in [-0.05, 0) is 18.2 Å². The smallest absolute Gasteiger partial charge is 0.417 e. The van der Waals surface area contributed by atoms with Crippen molar-refractivity contribution in [3.8, 4) is 11.3 Å². The lowest BCUT2D eigenvalue weighted by Crippen LogP contribution is -2.06. The van der Waals surface area contributed by atoms with Gasteiger partial charge in [0.2, 0.25) is 0 Å². The van der Waals surface area contributed by atoms with Crippen molar-refractivity contribution in [2.24, 2.45) is 0 Å². The molecule has 0 bridgehead atoms. The van der Waals surface area contributed by atoms with Gasteiger partial charge in [-0.1, -0.05) is 16.8 Å². The van der Waals surface area contributed by atoms with E-state index < -0.39 is 23.4 Å². The summed E-state index contributed by atoms with van der Waals surface area (Å²) in [6.45, 7) is 0. The first-order valence-corrected chi connectivity index (χ1v) is 5.24. The molecule has 0 aliphatic rings. The second-order valence-corrected chi connectivity index (χ2v) is 4.01. The highest BCUT2D eigenvalue weighted by atomic mass is 35.5. The van der Waals surface area contributed by atoms with E-state index in [9.17, 15) is 18.0 Å². The largest absolute Gasteiger partial charge is 0.476 e. The van der Waals surface area contributed by atoms with Crippen molar-refractivity contribution in [1.82, 2.24) is 5.16 Å². The number of aromatic carboxylic acids is 1. The number of halogens is 4. The molecule has 0 spiro atoms. The maximum atomic E-state index is 12.8. The minimum atomic E-state index is -4.64. The number of carbonyl (C=O) groups is 1. The van der Waals surface area contributed by atoms with Crippen molar-refractivity contribution in [2.75, 3.05) is 0 Å². The van der Waals surface area contributed by atoms with Crippen molar-refractivity contribution < 1.29 is 27.6 Å². The van der Waals surface area contributed by atoms with E-state index in [1.807, 2.05) is 0 Å². The highest BCUT2D eigenvalue weighted by Gasteiger charge is 2.35. The Labute approximate surface area is 109 Å². The number of hydrogen-bond acceptors (Lipinski definition) is 3. The fourth-order valence-electron chi connectivity index (χ4n) is 1.47. The molecule has 19 heavy (non-hydrogen) atoms. The maximum Gasteiger partial charge on any atom is 0.417 e. The summed E-state index contributed by atoms with van der Waals surface area (Å²) in [6.07, 6.45) is -4.64. The highest BCUT2D eigenvalue weighted by Crippen LogP contribution is 2.38. The van der Waals surface area contributed by atoms with E-state index in [4.69, 9.17) is 16.7 Å². The molecule has 1 aromatic carbocycles. The van der Waals surface area contributed by atoms with Crippen LogP contribution in [0.25, 0.3) is 11.3 Å². The van der Waals surface area contributed by atoms with Gasteiger partial charge in [0.1, 0.15) is 0 Å². The third kappa shape index (κ3) is 2.70. The predicted octanol–water partition coefficient (Wildman–Crippen LogP) is 3.71. The predicted molar refractivity (Wildman–Crippen MR) is 58.9 cm³/mol. The van der Waals surface area contributed by atoms with Gasteiger partial charge in [-0.15, -0.1) is 0 Å². The molecule has 0 fully saturated rings. The first-order valence-electron chi connectivity index (χ1n) is 4.86. The number of benzene rings is 1. The quantitative estimate of drug-likeness (QED) is 0.916. The van der Waals surface area contributed by atoms with Crippen LogP contribution in [0.15, 0.2) is 28.8 Å². The topological polar surface area (TPSA) is 63.3 Å². The third-order valence-corrected chi connectivity index (χ3v) is 2.52. The van der Waals surface area contributed by atoms with Crippen molar-refractivity contribution in [3.05, 3.63) is 40.5 Å². The molecule has 1 N–H and O–H groups in total. The highest BCUT2D eigenvalue weighted by molar-refractivity contribution is 6.30. The Hall–Kier alpha value is -2.02. The van der Waals surface area contributed by atoms with Crippen LogP contribution >= 0.6 is 11.6 Å². The van der Waals surface area contributed by atoms with E-state index in [1.165, 1.54) is 6.07 Å². The summed E-state index contributed by atoms with van der Waals surface area (Å²) in [6, 6.07) is 3.99. The summed E-state index contributed by atoms with van der Waals surface area (Å²) >= 11 is 5.53. The first kappa shape index (κ1) is 13.4. The number of carboxylic acid groups (broad SMARTS) is 1. The minimum Gasteiger partial charge on any atom is -0.476 e. The van der Waals surface area contributed by atoms with E-state index >= 15 is 0 Å². The molecule has 1 heterocycles. The molecule has 0 aliphatic carbocycles. The van der Waals surface area contributed by atoms with Gasteiger partial charge in [-0.2, -0.15) is 13.2 Å². The Morgan fingerprint density at radius 2 is 2.00 bits per heavy atom. The zero-order chi connectivity index (χ0) is 14.2. The lowest BCUT2D eigenvalue weighted by molar-refractivity contribution is -0.137. The summed E-state index contributed by atoms with van der Waals surface area (Å²) in [7, 11) is 0. The number of carboxylic acids is 1. The molecule has 1 aromatic heterocycles. The average molecular weight is 292 g/mol. The fourth-order valence-corrected chi connectivity index (χ4v) is 1.64. The fraction of sp³-hybridized carbons (Fsp3) is 0.0909. The summed E-state index contributed by atoms with van der Waals surface area (Å²) in [5.74, 6) is -1.68. The Morgan fingerprint density at radius 1 is 1.32 bits per heavy atom. The summed E-state index contributed by atoms with van der Waals surface area (Å²) in [4.78, 5) is 10.6. The molecule has 0 radical (unpaired) electrons. The van der Waals surface area contributed by atoms with Crippen molar-refractivity contribution in [3.63, 3.8) is 0 Å². The van der Waals surface area contributed by atoms with Crippen LogP contribution in [-0.4, -0.2) is 16.2 Å². The second-order valence-electron chi connectivity index (χ2n) is 3.57. The molecule has 2 aromatic rings. The first-order chi connectivity index (χ1) is 8.79. The van der Waals surface area contributed by atoms with Gasteiger partial charge in [0.05, 0.1) is 5.56 Å². The van der Waals surface area contributed by atoms with Crippen LogP contribution in [0.1, 0.15) is 16.1 Å². The molecular formula is C11H5ClF3NO3. The summed E-state index contributed by atoms with van der Waals surface area (Å²) in [5.41, 5.74) is -1.82. The Bertz CT molecular complexity index is 636. The number of nitrogens with zero attached hydrogens (tertiary/aromatic N) is 1. The molecular weight excluding hydrogens is 287 g/mol. The molecule has 0 aliphatic heterocycles. The van der Waals surface area contributed by atoms with Crippen LogP contribution in [0.5, 0.6) is 0 Å². The van der Waals surface area contributed by atoms with Gasteiger partial charge in [0, 0.05) is 16.7 Å². The molecule has 100 valence electrons. The monoisotopic (exact) mass is 291 g/mol. The number of hydrogen-bond donors (Lipinski definition) is 1. The van der Waals surface area contributed by atoms with Crippen molar-refractivity contribution >= 4 is 17.6 Å². The van der Waals surface area contributed by atoms with Crippen LogP contribution < -0.4 is 0 Å². The Morgan fingerprint density at radius 3 is 2.53 bits per heavy atom. The van der Waals surface area contributed by atoms with Gasteiger partial charge in [0.15, 0.2) is 11.5 Å². The maximum absolute atomic E-state index is 12.8. The number of alkyl halides is 3. The third-order valence-electron chi connectivity index (χ3n) is 2.28. The van der Waals surface area contributed by atoms with E-state index in [2.05, 4.69) is 9.68 Å². The minimum absolute atomic E-state index is 0.0888. The van der Waals surface area contributed by atoms with Crippen LogP contribution in [0.4, 0.5) is 13.2 Å². The van der Waals surface area contributed by atoms with Gasteiger partial charge >= 0.3 is 12.1 Å². The van der Waals surface area contributed by atoms with Crippen LogP contribution in [0.2, 0.25) is 5.02 Å². The Kier molecular flexibility index (Phi) is 3.23. The molecule has 4 nitrogen and oxygen atoms in total. The van der Waals surface area contributed by atoms with Gasteiger partial charge in [0.25, 0.3) is 0 Å². The normalized spacial score (nSPS) is 11.6. The average Bonchev–Trinajstić information content (AvgIpc) is 2.77. The van der Waals surface area contributed by atoms with Gasteiger partial charge < -0.3 is 9.63 Å². The summed E-state index contributed by atoms with van der Waals surface area (Å²) in [5, 5.41) is 11.7. The van der Waals surface area contributed by atoms with Crippen molar-refractivity contribution in [2.45, 2.75) is 6.18 Å². The SMILES string of the molecule is O=C(O)c1cc(-c2ccc(Cl)cc2C(F)(F)F)on1. The van der Waals surface area contributed by atoms with E-state index in [0.717, 1.165) is 18.2 Å². The zero-order valence-corrected chi connectivity index (χ0v) is 9.79. The van der Waals surface area contributed by atoms with Crippen LogP contribution in [-0.2, 0) is 6.18 Å². The Balaban J connectivity index is 2.58. The second kappa shape index (κ2) is 4.58. The molecule has 0 unspecified atom stereocenters. The zero-order valence-electron chi connectivity index (χ0n) is 9.03. The standard InChI is InChI=1S/C11H5ClF3NO3/c12-5-1-2-6(7(3-5)11(13,14)15)9-4-8(10(17)18)16-19-9/h1-4H,(H,17,18). The molecule has 8 heteroatoms. The van der Waals surface area contributed by atoms with Crippen molar-refractivity contribution in [1.29, 1.82) is 0 Å². The molecule has 2 rings (SSSR count). The molecule has 0 saturated carbocycles. The number of aromatic nitrogens is 1. The molecule has 0 atom stereocenters. The lowest BCUT2D eigenvalue weighted by atomic mass is 10.0. The molecule has 0 saturated heterocycles. The van der Waals surface area contributed by atoms with Gasteiger partial charge in [-0.3, -0.25) is 0 Å². The van der Waals surface area contributed by atoms with Crippen LogP contribution in [0, 0.1) is 0 Å². The molecule has 0 amide bonds. The summed E-state index contributed by atoms with van der Waals surface area (Å²) < 4.78 is 43.1. The van der Waals surface area contributed by atoms with E-state index in [0.29, 0.717) is 0 Å². The van der Waals surface area contributed by atoms with Gasteiger partial charge in [-0.25, -0.2) is 4.79 Å². The lowest BCUT2D eigenvalue weighted by Gasteiger charge is -2.10. The van der Waals surface area contributed by atoms with Crippen LogP contribution in [0.3, 0.4) is 0 Å².